The first kappa shape index (κ1) is 10.6. The van der Waals surface area contributed by atoms with Gasteiger partial charge >= 0.3 is 0 Å². The predicted octanol–water partition coefficient (Wildman–Crippen LogP) is 2.26. The van der Waals surface area contributed by atoms with Crippen LogP contribution in [0.4, 0.5) is 0 Å². The van der Waals surface area contributed by atoms with Gasteiger partial charge in [-0.3, -0.25) is 4.98 Å². The average Bonchev–Trinajstić information content (AvgIpc) is 3.09. The van der Waals surface area contributed by atoms with Crippen molar-refractivity contribution in [2.24, 2.45) is 11.8 Å². The molecule has 0 aliphatic heterocycles. The highest BCUT2D eigenvalue weighted by molar-refractivity contribution is 5.09. The van der Waals surface area contributed by atoms with Gasteiger partial charge in [0.05, 0.1) is 0 Å². The molecule has 1 atom stereocenters. The Labute approximate surface area is 92.1 Å². The molecule has 0 radical (unpaired) electrons. The lowest BCUT2D eigenvalue weighted by atomic mass is 10.1. The van der Waals surface area contributed by atoms with Gasteiger partial charge in [0.25, 0.3) is 0 Å². The van der Waals surface area contributed by atoms with Crippen LogP contribution >= 0.6 is 0 Å². The molecular weight excluding hydrogens is 184 g/mol. The molecule has 2 rings (SSSR count). The minimum absolute atomic E-state index is 0.863. The van der Waals surface area contributed by atoms with Gasteiger partial charge in [0, 0.05) is 12.4 Å². The lowest BCUT2D eigenvalue weighted by Crippen LogP contribution is -2.24. The van der Waals surface area contributed by atoms with E-state index in [-0.39, 0.29) is 0 Å². The molecule has 0 saturated heterocycles. The van der Waals surface area contributed by atoms with Crippen molar-refractivity contribution in [3.8, 4) is 0 Å². The van der Waals surface area contributed by atoms with Crippen molar-refractivity contribution < 1.29 is 0 Å². The van der Waals surface area contributed by atoms with E-state index < -0.39 is 0 Å². The molecule has 1 N–H and O–H groups in total. The highest BCUT2D eigenvalue weighted by Crippen LogP contribution is 2.35. The number of pyridine rings is 1. The van der Waals surface area contributed by atoms with Crippen LogP contribution in [0.2, 0.25) is 0 Å². The first-order chi connectivity index (χ1) is 7.36. The van der Waals surface area contributed by atoms with Gasteiger partial charge in [-0.05, 0) is 61.9 Å². The van der Waals surface area contributed by atoms with Gasteiger partial charge < -0.3 is 5.32 Å². The summed E-state index contributed by atoms with van der Waals surface area (Å²) in [4.78, 5) is 4.01. The topological polar surface area (TPSA) is 24.9 Å². The second-order valence-electron chi connectivity index (χ2n) is 4.62. The van der Waals surface area contributed by atoms with Crippen LogP contribution in [0, 0.1) is 11.8 Å². The fourth-order valence-corrected chi connectivity index (χ4v) is 1.94. The molecule has 0 aromatic carbocycles. The highest BCUT2D eigenvalue weighted by atomic mass is 14.9. The van der Waals surface area contributed by atoms with Crippen molar-refractivity contribution >= 4 is 0 Å². The van der Waals surface area contributed by atoms with Crippen LogP contribution in [0.3, 0.4) is 0 Å². The Morgan fingerprint density at radius 2 is 2.13 bits per heavy atom. The van der Waals surface area contributed by atoms with Gasteiger partial charge in [0.2, 0.25) is 0 Å². The lowest BCUT2D eigenvalue weighted by Gasteiger charge is -2.10. The summed E-state index contributed by atoms with van der Waals surface area (Å²) in [5.74, 6) is 1.88. The van der Waals surface area contributed by atoms with E-state index in [9.17, 15) is 0 Å². The SMILES string of the molecule is CC(CNCCc1ccncc1)C1CC1. The lowest BCUT2D eigenvalue weighted by molar-refractivity contribution is 0.464. The first-order valence-corrected chi connectivity index (χ1v) is 5.96. The quantitative estimate of drug-likeness (QED) is 0.719. The van der Waals surface area contributed by atoms with E-state index >= 15 is 0 Å². The highest BCUT2D eigenvalue weighted by Gasteiger charge is 2.27. The van der Waals surface area contributed by atoms with Crippen molar-refractivity contribution in [1.29, 1.82) is 0 Å². The summed E-state index contributed by atoms with van der Waals surface area (Å²) in [7, 11) is 0. The van der Waals surface area contributed by atoms with Crippen LogP contribution in [-0.2, 0) is 6.42 Å². The van der Waals surface area contributed by atoms with Crippen LogP contribution in [-0.4, -0.2) is 18.1 Å². The predicted molar refractivity (Wildman–Crippen MR) is 62.7 cm³/mol. The Balaban J connectivity index is 1.58. The van der Waals surface area contributed by atoms with Crippen LogP contribution in [0.5, 0.6) is 0 Å². The largest absolute Gasteiger partial charge is 0.316 e. The van der Waals surface area contributed by atoms with Gasteiger partial charge in [-0.1, -0.05) is 6.92 Å². The Bertz CT molecular complexity index is 280. The average molecular weight is 204 g/mol. The van der Waals surface area contributed by atoms with Gasteiger partial charge in [-0.2, -0.15) is 0 Å². The molecule has 1 aromatic heterocycles. The second-order valence-corrected chi connectivity index (χ2v) is 4.62. The fraction of sp³-hybridized carbons (Fsp3) is 0.615. The molecule has 1 saturated carbocycles. The maximum atomic E-state index is 4.01. The minimum Gasteiger partial charge on any atom is -0.316 e. The van der Waals surface area contributed by atoms with Gasteiger partial charge in [-0.15, -0.1) is 0 Å². The molecule has 0 amide bonds. The molecule has 2 heteroatoms. The molecular formula is C13H20N2. The van der Waals surface area contributed by atoms with E-state index in [0.29, 0.717) is 0 Å². The van der Waals surface area contributed by atoms with Crippen molar-refractivity contribution in [1.82, 2.24) is 10.3 Å². The number of aromatic nitrogens is 1. The van der Waals surface area contributed by atoms with Gasteiger partial charge in [-0.25, -0.2) is 0 Å². The van der Waals surface area contributed by atoms with E-state index in [1.54, 1.807) is 0 Å². The number of rotatable bonds is 6. The summed E-state index contributed by atoms with van der Waals surface area (Å²) in [6, 6.07) is 4.18. The zero-order valence-electron chi connectivity index (χ0n) is 9.45. The van der Waals surface area contributed by atoms with E-state index in [1.807, 2.05) is 12.4 Å². The molecule has 1 aliphatic rings. The van der Waals surface area contributed by atoms with Crippen LogP contribution in [0.25, 0.3) is 0 Å². The minimum atomic E-state index is 0.863. The summed E-state index contributed by atoms with van der Waals surface area (Å²) < 4.78 is 0. The number of hydrogen-bond donors (Lipinski definition) is 1. The molecule has 1 aliphatic carbocycles. The Hall–Kier alpha value is -0.890. The number of nitrogens with one attached hydrogen (secondary N) is 1. The van der Waals surface area contributed by atoms with Crippen molar-refractivity contribution in [3.63, 3.8) is 0 Å². The van der Waals surface area contributed by atoms with Crippen molar-refractivity contribution in [3.05, 3.63) is 30.1 Å². The Kier molecular flexibility index (Phi) is 3.73. The van der Waals surface area contributed by atoms with Crippen LogP contribution in [0.1, 0.15) is 25.3 Å². The molecule has 1 fully saturated rings. The van der Waals surface area contributed by atoms with Crippen molar-refractivity contribution in [2.75, 3.05) is 13.1 Å². The summed E-state index contributed by atoms with van der Waals surface area (Å²) in [5, 5.41) is 3.53. The Morgan fingerprint density at radius 3 is 2.80 bits per heavy atom. The van der Waals surface area contributed by atoms with E-state index in [4.69, 9.17) is 0 Å². The third-order valence-corrected chi connectivity index (χ3v) is 3.23. The van der Waals surface area contributed by atoms with Crippen molar-refractivity contribution in [2.45, 2.75) is 26.2 Å². The van der Waals surface area contributed by atoms with Gasteiger partial charge in [0.15, 0.2) is 0 Å². The third kappa shape index (κ3) is 3.63. The molecule has 82 valence electrons. The molecule has 1 unspecified atom stereocenters. The summed E-state index contributed by atoms with van der Waals surface area (Å²) in [6.45, 7) is 4.62. The summed E-state index contributed by atoms with van der Waals surface area (Å²) in [5.41, 5.74) is 1.37. The van der Waals surface area contributed by atoms with Crippen LogP contribution in [0.15, 0.2) is 24.5 Å². The number of nitrogens with zero attached hydrogens (tertiary/aromatic N) is 1. The smallest absolute Gasteiger partial charge is 0.0270 e. The molecule has 15 heavy (non-hydrogen) atoms. The molecule has 1 heterocycles. The summed E-state index contributed by atoms with van der Waals surface area (Å²) >= 11 is 0. The second kappa shape index (κ2) is 5.26. The monoisotopic (exact) mass is 204 g/mol. The zero-order valence-corrected chi connectivity index (χ0v) is 9.45. The van der Waals surface area contributed by atoms with E-state index in [0.717, 1.165) is 24.8 Å². The third-order valence-electron chi connectivity index (χ3n) is 3.23. The molecule has 1 aromatic rings. The maximum Gasteiger partial charge on any atom is 0.0270 e. The molecule has 0 spiro atoms. The molecule has 2 nitrogen and oxygen atoms in total. The standard InChI is InChI=1S/C13H20N2/c1-11(13-2-3-13)10-15-9-6-12-4-7-14-8-5-12/h4-5,7-8,11,13,15H,2-3,6,9-10H2,1H3. The normalized spacial score (nSPS) is 17.7. The Morgan fingerprint density at radius 1 is 1.40 bits per heavy atom. The molecule has 0 bridgehead atoms. The zero-order chi connectivity index (χ0) is 10.5. The maximum absolute atomic E-state index is 4.01. The number of hydrogen-bond acceptors (Lipinski definition) is 2. The van der Waals surface area contributed by atoms with Gasteiger partial charge in [0.1, 0.15) is 0 Å². The fourth-order valence-electron chi connectivity index (χ4n) is 1.94. The van der Waals surface area contributed by atoms with Crippen LogP contribution < -0.4 is 5.32 Å². The van der Waals surface area contributed by atoms with E-state index in [2.05, 4.69) is 29.4 Å². The first-order valence-electron chi connectivity index (χ1n) is 5.96. The summed E-state index contributed by atoms with van der Waals surface area (Å²) in [6.07, 6.45) is 7.74. The van der Waals surface area contributed by atoms with E-state index in [1.165, 1.54) is 24.9 Å².